The molecule has 0 saturated heterocycles. The molecule has 1 amide bonds. The van der Waals surface area contributed by atoms with Crippen molar-refractivity contribution in [1.29, 1.82) is 0 Å². The van der Waals surface area contributed by atoms with Crippen molar-refractivity contribution in [1.82, 2.24) is 10.3 Å². The van der Waals surface area contributed by atoms with Crippen LogP contribution in [0.5, 0.6) is 0 Å². The van der Waals surface area contributed by atoms with E-state index in [1.165, 1.54) is 18.3 Å². The quantitative estimate of drug-likeness (QED) is 0.853. The smallest absolute Gasteiger partial charge is 0.257 e. The van der Waals surface area contributed by atoms with E-state index in [1.54, 1.807) is 5.38 Å². The summed E-state index contributed by atoms with van der Waals surface area (Å²) in [6.45, 7) is 3.13. The van der Waals surface area contributed by atoms with Crippen molar-refractivity contribution in [2.45, 2.75) is 19.9 Å². The van der Waals surface area contributed by atoms with Crippen molar-refractivity contribution < 1.29 is 9.59 Å². The molecule has 2 heterocycles. The first kappa shape index (κ1) is 13.9. The molecule has 108 valence electrons. The molecular weight excluding hydrogens is 286 g/mol. The first-order valence-electron chi connectivity index (χ1n) is 6.74. The molecule has 0 unspecified atom stereocenters. The van der Waals surface area contributed by atoms with Crippen LogP contribution in [0.3, 0.4) is 0 Å². The Morgan fingerprint density at radius 3 is 3.00 bits per heavy atom. The summed E-state index contributed by atoms with van der Waals surface area (Å²) in [5.74, 6) is -0.270. The van der Waals surface area contributed by atoms with Crippen molar-refractivity contribution in [2.75, 3.05) is 11.9 Å². The third kappa shape index (κ3) is 2.86. The molecule has 0 atom stereocenters. The summed E-state index contributed by atoms with van der Waals surface area (Å²) in [5.41, 5.74) is 3.33. The van der Waals surface area contributed by atoms with E-state index in [0.29, 0.717) is 16.4 Å². The molecular formula is C15H15N3O2S. The van der Waals surface area contributed by atoms with Gasteiger partial charge in [-0.15, -0.1) is 11.3 Å². The van der Waals surface area contributed by atoms with Gasteiger partial charge in [-0.2, -0.15) is 0 Å². The number of hydrogen-bond donors (Lipinski definition) is 2. The van der Waals surface area contributed by atoms with Gasteiger partial charge in [-0.25, -0.2) is 4.98 Å². The molecule has 2 aromatic rings. The largest absolute Gasteiger partial charge is 0.312 e. The van der Waals surface area contributed by atoms with Crippen molar-refractivity contribution in [3.05, 3.63) is 46.0 Å². The Balaban J connectivity index is 1.83. The Morgan fingerprint density at radius 1 is 1.38 bits per heavy atom. The van der Waals surface area contributed by atoms with Crippen LogP contribution in [-0.2, 0) is 13.0 Å². The Bertz CT molecular complexity index is 709. The van der Waals surface area contributed by atoms with Gasteiger partial charge in [-0.05, 0) is 30.2 Å². The number of nitrogens with one attached hydrogen (secondary N) is 2. The first-order chi connectivity index (χ1) is 10.1. The van der Waals surface area contributed by atoms with E-state index >= 15 is 0 Å². The topological polar surface area (TPSA) is 71.1 Å². The molecule has 0 saturated carbocycles. The fourth-order valence-electron chi connectivity index (χ4n) is 2.40. The van der Waals surface area contributed by atoms with Crippen molar-refractivity contribution in [2.24, 2.45) is 0 Å². The standard InChI is InChI=1S/C15H15N3O2S/c1-9(19)13-8-21-15(17-13)18-14(20)12-4-2-3-10-7-16-6-5-11(10)12/h2-4,8,16H,5-7H2,1H3,(H,17,18,20). The van der Waals surface area contributed by atoms with E-state index in [-0.39, 0.29) is 11.7 Å². The number of aromatic nitrogens is 1. The van der Waals surface area contributed by atoms with Crippen LogP contribution < -0.4 is 10.6 Å². The molecule has 1 aromatic heterocycles. The lowest BCUT2D eigenvalue weighted by atomic mass is 9.95. The van der Waals surface area contributed by atoms with Gasteiger partial charge in [0.05, 0.1) is 0 Å². The molecule has 1 aliphatic rings. The van der Waals surface area contributed by atoms with Gasteiger partial charge in [0, 0.05) is 24.4 Å². The number of fused-ring (bicyclic) bond motifs is 1. The number of thiazole rings is 1. The second-order valence-electron chi connectivity index (χ2n) is 4.92. The monoisotopic (exact) mass is 301 g/mol. The number of rotatable bonds is 3. The maximum atomic E-state index is 12.4. The predicted octanol–water partition coefficient (Wildman–Crippen LogP) is 2.24. The number of carbonyl (C=O) groups excluding carboxylic acids is 2. The molecule has 0 bridgehead atoms. The SMILES string of the molecule is CC(=O)c1csc(NC(=O)c2cccc3c2CCNC3)n1. The van der Waals surface area contributed by atoms with Crippen LogP contribution in [0.2, 0.25) is 0 Å². The fraction of sp³-hybridized carbons (Fsp3) is 0.267. The van der Waals surface area contributed by atoms with Crippen LogP contribution in [0.25, 0.3) is 0 Å². The molecule has 0 spiro atoms. The lowest BCUT2D eigenvalue weighted by molar-refractivity contribution is 0.100. The number of benzene rings is 1. The van der Waals surface area contributed by atoms with E-state index < -0.39 is 0 Å². The summed E-state index contributed by atoms with van der Waals surface area (Å²) in [5, 5.41) is 8.18. The minimum absolute atomic E-state index is 0.102. The van der Waals surface area contributed by atoms with Gasteiger partial charge in [0.25, 0.3) is 5.91 Å². The van der Waals surface area contributed by atoms with Gasteiger partial charge in [-0.1, -0.05) is 12.1 Å². The zero-order valence-electron chi connectivity index (χ0n) is 11.6. The summed E-state index contributed by atoms with van der Waals surface area (Å²) in [6.07, 6.45) is 0.843. The number of amides is 1. The van der Waals surface area contributed by atoms with Gasteiger partial charge in [0.1, 0.15) is 5.69 Å². The normalized spacial score (nSPS) is 13.6. The van der Waals surface area contributed by atoms with E-state index in [9.17, 15) is 9.59 Å². The second kappa shape index (κ2) is 5.75. The zero-order valence-corrected chi connectivity index (χ0v) is 12.4. The van der Waals surface area contributed by atoms with E-state index in [4.69, 9.17) is 0 Å². The molecule has 0 fully saturated rings. The summed E-state index contributed by atoms with van der Waals surface area (Å²) >= 11 is 1.26. The predicted molar refractivity (Wildman–Crippen MR) is 81.9 cm³/mol. The Morgan fingerprint density at radius 2 is 2.24 bits per heavy atom. The minimum Gasteiger partial charge on any atom is -0.312 e. The molecule has 3 rings (SSSR count). The van der Waals surface area contributed by atoms with E-state index in [1.807, 2.05) is 18.2 Å². The summed E-state index contributed by atoms with van der Waals surface area (Å²) < 4.78 is 0. The lowest BCUT2D eigenvalue weighted by Crippen LogP contribution is -2.26. The maximum Gasteiger partial charge on any atom is 0.257 e. The molecule has 1 aromatic carbocycles. The summed E-state index contributed by atoms with van der Waals surface area (Å²) in [7, 11) is 0. The van der Waals surface area contributed by atoms with Gasteiger partial charge >= 0.3 is 0 Å². The summed E-state index contributed by atoms with van der Waals surface area (Å²) in [6, 6.07) is 5.76. The molecule has 2 N–H and O–H groups in total. The van der Waals surface area contributed by atoms with Crippen molar-refractivity contribution in [3.63, 3.8) is 0 Å². The van der Waals surface area contributed by atoms with Crippen molar-refractivity contribution >= 4 is 28.2 Å². The van der Waals surface area contributed by atoms with Gasteiger partial charge < -0.3 is 5.32 Å². The fourth-order valence-corrected chi connectivity index (χ4v) is 3.15. The highest BCUT2D eigenvalue weighted by Gasteiger charge is 2.18. The van der Waals surface area contributed by atoms with Crippen LogP contribution in [-0.4, -0.2) is 23.2 Å². The summed E-state index contributed by atoms with van der Waals surface area (Å²) in [4.78, 5) is 27.8. The van der Waals surface area contributed by atoms with Crippen LogP contribution in [0, 0.1) is 0 Å². The third-order valence-corrected chi connectivity index (χ3v) is 4.23. The molecule has 0 aliphatic carbocycles. The minimum atomic E-state index is -0.168. The lowest BCUT2D eigenvalue weighted by Gasteiger charge is -2.19. The highest BCUT2D eigenvalue weighted by atomic mass is 32.1. The van der Waals surface area contributed by atoms with Crippen LogP contribution in [0.1, 0.15) is 38.9 Å². The van der Waals surface area contributed by atoms with Crippen molar-refractivity contribution in [3.8, 4) is 0 Å². The Labute approximate surface area is 126 Å². The van der Waals surface area contributed by atoms with Gasteiger partial charge in [-0.3, -0.25) is 14.9 Å². The molecule has 0 radical (unpaired) electrons. The third-order valence-electron chi connectivity index (χ3n) is 3.47. The van der Waals surface area contributed by atoms with E-state index in [0.717, 1.165) is 30.6 Å². The van der Waals surface area contributed by atoms with E-state index in [2.05, 4.69) is 15.6 Å². The molecule has 6 heteroatoms. The number of Topliss-reactive ketones (excluding diaryl/α,β-unsaturated/α-hetero) is 1. The molecule has 1 aliphatic heterocycles. The highest BCUT2D eigenvalue weighted by molar-refractivity contribution is 7.14. The average molecular weight is 301 g/mol. The number of anilines is 1. The average Bonchev–Trinajstić information content (AvgIpc) is 2.95. The Hall–Kier alpha value is -2.05. The highest BCUT2D eigenvalue weighted by Crippen LogP contribution is 2.21. The zero-order chi connectivity index (χ0) is 14.8. The number of ketones is 1. The maximum absolute atomic E-state index is 12.4. The van der Waals surface area contributed by atoms with Crippen LogP contribution in [0.15, 0.2) is 23.6 Å². The number of carbonyl (C=O) groups is 2. The van der Waals surface area contributed by atoms with Gasteiger partial charge in [0.15, 0.2) is 10.9 Å². The molecule has 5 nitrogen and oxygen atoms in total. The molecule has 21 heavy (non-hydrogen) atoms. The first-order valence-corrected chi connectivity index (χ1v) is 7.62. The van der Waals surface area contributed by atoms with Crippen LogP contribution >= 0.6 is 11.3 Å². The Kier molecular flexibility index (Phi) is 3.81. The second-order valence-corrected chi connectivity index (χ2v) is 5.78. The van der Waals surface area contributed by atoms with Gasteiger partial charge in [0.2, 0.25) is 0 Å². The number of nitrogens with zero attached hydrogens (tertiary/aromatic N) is 1. The number of hydrogen-bond acceptors (Lipinski definition) is 5. The van der Waals surface area contributed by atoms with Crippen LogP contribution in [0.4, 0.5) is 5.13 Å².